The molecule has 0 bridgehead atoms. The van der Waals surface area contributed by atoms with Gasteiger partial charge in [0.05, 0.1) is 19.3 Å². The van der Waals surface area contributed by atoms with Crippen LogP contribution in [0.1, 0.15) is 17.3 Å². The summed E-state index contributed by atoms with van der Waals surface area (Å²) in [7, 11) is 1.96. The van der Waals surface area contributed by atoms with Crippen LogP contribution in [-0.4, -0.2) is 54.1 Å². The molecule has 1 aliphatic heterocycles. The third-order valence-electron chi connectivity index (χ3n) is 4.84. The fraction of sp³-hybridized carbons (Fsp3) is 0.400. The Kier molecular flexibility index (Phi) is 6.78. The van der Waals surface area contributed by atoms with Gasteiger partial charge in [0.25, 0.3) is 0 Å². The van der Waals surface area contributed by atoms with Crippen molar-refractivity contribution in [1.82, 2.24) is 20.1 Å². The van der Waals surface area contributed by atoms with E-state index in [1.54, 1.807) is 12.1 Å². The number of halogens is 1. The van der Waals surface area contributed by atoms with Gasteiger partial charge in [-0.2, -0.15) is 0 Å². The summed E-state index contributed by atoms with van der Waals surface area (Å²) in [5.41, 5.74) is 1.78. The maximum Gasteiger partial charge on any atom is 0.309 e. The van der Waals surface area contributed by atoms with Gasteiger partial charge >= 0.3 is 11.8 Å². The molecule has 1 atom stereocenters. The lowest BCUT2D eigenvalue weighted by atomic mass is 10.1. The van der Waals surface area contributed by atoms with Crippen LogP contribution in [0.25, 0.3) is 0 Å². The number of nitrogens with zero attached hydrogens (tertiary/aromatic N) is 2. The highest BCUT2D eigenvalue weighted by molar-refractivity contribution is 6.35. The first-order chi connectivity index (χ1) is 13.5. The lowest BCUT2D eigenvalue weighted by Gasteiger charge is -2.34. The quantitative estimate of drug-likeness (QED) is 0.723. The van der Waals surface area contributed by atoms with E-state index in [0.29, 0.717) is 19.8 Å². The molecule has 1 aromatic carbocycles. The number of carbonyl (C=O) groups is 2. The number of ether oxygens (including phenoxy) is 1. The molecule has 2 aromatic rings. The van der Waals surface area contributed by atoms with Crippen LogP contribution in [0.5, 0.6) is 0 Å². The summed E-state index contributed by atoms with van der Waals surface area (Å²) in [6.45, 7) is 3.31. The molecular formula is C20H25FN4O3. The van der Waals surface area contributed by atoms with Gasteiger partial charge in [-0.1, -0.05) is 12.1 Å². The first kappa shape index (κ1) is 20.0. The van der Waals surface area contributed by atoms with E-state index < -0.39 is 11.8 Å². The Hall–Kier alpha value is -2.71. The first-order valence-corrected chi connectivity index (χ1v) is 9.28. The molecule has 1 saturated heterocycles. The Morgan fingerprint density at radius 3 is 2.43 bits per heavy atom. The molecule has 1 aliphatic rings. The number of nitrogens with one attached hydrogen (secondary N) is 2. The SMILES string of the molecule is Cn1cccc1[C@H](CNC(=O)C(=O)NCc1ccc(F)cc1)N1CCOCC1. The Morgan fingerprint density at radius 1 is 1.11 bits per heavy atom. The second-order valence-electron chi connectivity index (χ2n) is 6.73. The summed E-state index contributed by atoms with van der Waals surface area (Å²) in [5.74, 6) is -1.74. The van der Waals surface area contributed by atoms with Gasteiger partial charge in [-0.3, -0.25) is 14.5 Å². The van der Waals surface area contributed by atoms with Crippen LogP contribution < -0.4 is 10.6 Å². The topological polar surface area (TPSA) is 75.6 Å². The molecule has 0 aliphatic carbocycles. The third kappa shape index (κ3) is 5.17. The van der Waals surface area contributed by atoms with Crippen molar-refractivity contribution in [3.63, 3.8) is 0 Å². The number of aryl methyl sites for hydroxylation is 1. The first-order valence-electron chi connectivity index (χ1n) is 9.28. The second kappa shape index (κ2) is 9.48. The maximum atomic E-state index is 12.9. The number of amides is 2. The summed E-state index contributed by atoms with van der Waals surface area (Å²) in [4.78, 5) is 26.6. The standard InChI is InChI=1S/C20H25FN4O3/c1-24-8-2-3-17(24)18(25-9-11-28-12-10-25)14-23-20(27)19(26)22-13-15-4-6-16(21)7-5-15/h2-8,18H,9-14H2,1H3,(H,22,26)(H,23,27)/t18-/m0/s1. The Labute approximate surface area is 163 Å². The predicted octanol–water partition coefficient (Wildman–Crippen LogP) is 0.970. The summed E-state index contributed by atoms with van der Waals surface area (Å²) in [5, 5.41) is 5.29. The molecule has 1 fully saturated rings. The molecular weight excluding hydrogens is 363 g/mol. The molecule has 2 N–H and O–H groups in total. The van der Waals surface area contributed by atoms with Crippen LogP contribution >= 0.6 is 0 Å². The second-order valence-corrected chi connectivity index (χ2v) is 6.73. The summed E-state index contributed by atoms with van der Waals surface area (Å²) in [6, 6.07) is 9.69. The van der Waals surface area contributed by atoms with Crippen LogP contribution in [0.15, 0.2) is 42.6 Å². The molecule has 7 nitrogen and oxygen atoms in total. The summed E-state index contributed by atoms with van der Waals surface area (Å²) < 4.78 is 20.4. The molecule has 3 rings (SSSR count). The number of rotatable bonds is 6. The molecule has 0 radical (unpaired) electrons. The number of carbonyl (C=O) groups excluding carboxylic acids is 2. The minimum Gasteiger partial charge on any atom is -0.379 e. The maximum absolute atomic E-state index is 12.9. The minimum atomic E-state index is -0.711. The van der Waals surface area contributed by atoms with Crippen molar-refractivity contribution in [2.24, 2.45) is 7.05 Å². The van der Waals surface area contributed by atoms with Gasteiger partial charge in [-0.25, -0.2) is 4.39 Å². The molecule has 0 spiro atoms. The van der Waals surface area contributed by atoms with E-state index in [0.717, 1.165) is 24.3 Å². The molecule has 2 amide bonds. The van der Waals surface area contributed by atoms with Crippen LogP contribution in [0.3, 0.4) is 0 Å². The van der Waals surface area contributed by atoms with Crippen molar-refractivity contribution >= 4 is 11.8 Å². The smallest absolute Gasteiger partial charge is 0.309 e. The van der Waals surface area contributed by atoms with Gasteiger partial charge in [0.1, 0.15) is 5.82 Å². The van der Waals surface area contributed by atoms with Gasteiger partial charge in [0, 0.05) is 45.1 Å². The average molecular weight is 388 g/mol. The van der Waals surface area contributed by atoms with Gasteiger partial charge in [-0.15, -0.1) is 0 Å². The number of aromatic nitrogens is 1. The van der Waals surface area contributed by atoms with Crippen molar-refractivity contribution in [2.75, 3.05) is 32.8 Å². The summed E-state index contributed by atoms with van der Waals surface area (Å²) in [6.07, 6.45) is 1.96. The number of hydrogen-bond donors (Lipinski definition) is 2. The van der Waals surface area contributed by atoms with Crippen molar-refractivity contribution in [2.45, 2.75) is 12.6 Å². The van der Waals surface area contributed by atoms with Crippen molar-refractivity contribution < 1.29 is 18.7 Å². The number of morpholine rings is 1. The Bertz CT molecular complexity index is 800. The molecule has 1 aromatic heterocycles. The van der Waals surface area contributed by atoms with Gasteiger partial charge in [-0.05, 0) is 29.8 Å². The van der Waals surface area contributed by atoms with E-state index in [2.05, 4.69) is 15.5 Å². The predicted molar refractivity (Wildman–Crippen MR) is 102 cm³/mol. The van der Waals surface area contributed by atoms with Gasteiger partial charge in [0.15, 0.2) is 0 Å². The zero-order valence-corrected chi connectivity index (χ0v) is 15.9. The zero-order valence-electron chi connectivity index (χ0n) is 15.9. The van der Waals surface area contributed by atoms with Crippen LogP contribution in [0, 0.1) is 5.82 Å². The lowest BCUT2D eigenvalue weighted by Crippen LogP contribution is -2.47. The highest BCUT2D eigenvalue weighted by Gasteiger charge is 2.25. The largest absolute Gasteiger partial charge is 0.379 e. The highest BCUT2D eigenvalue weighted by Crippen LogP contribution is 2.21. The number of hydrogen-bond acceptors (Lipinski definition) is 4. The molecule has 28 heavy (non-hydrogen) atoms. The molecule has 0 saturated carbocycles. The van der Waals surface area contributed by atoms with E-state index in [1.807, 2.05) is 29.9 Å². The van der Waals surface area contributed by atoms with Gasteiger partial charge < -0.3 is 19.9 Å². The van der Waals surface area contributed by atoms with Gasteiger partial charge in [0.2, 0.25) is 0 Å². The molecule has 150 valence electrons. The average Bonchev–Trinajstić information content (AvgIpc) is 3.14. The number of benzene rings is 1. The van der Waals surface area contributed by atoms with Crippen LogP contribution in [0.4, 0.5) is 4.39 Å². The molecule has 8 heteroatoms. The fourth-order valence-electron chi connectivity index (χ4n) is 3.26. The highest BCUT2D eigenvalue weighted by atomic mass is 19.1. The zero-order chi connectivity index (χ0) is 19.9. The summed E-state index contributed by atoms with van der Waals surface area (Å²) >= 11 is 0. The lowest BCUT2D eigenvalue weighted by molar-refractivity contribution is -0.139. The normalized spacial score (nSPS) is 15.8. The van der Waals surface area contributed by atoms with E-state index in [1.165, 1.54) is 12.1 Å². The van der Waals surface area contributed by atoms with E-state index >= 15 is 0 Å². The monoisotopic (exact) mass is 388 g/mol. The molecule has 0 unspecified atom stereocenters. The Morgan fingerprint density at radius 2 is 1.79 bits per heavy atom. The molecule has 2 heterocycles. The van der Waals surface area contributed by atoms with Crippen LogP contribution in [-0.2, 0) is 27.9 Å². The Balaban J connectivity index is 1.55. The van der Waals surface area contributed by atoms with Crippen LogP contribution in [0.2, 0.25) is 0 Å². The fourth-order valence-corrected chi connectivity index (χ4v) is 3.26. The van der Waals surface area contributed by atoms with E-state index in [4.69, 9.17) is 4.74 Å². The van der Waals surface area contributed by atoms with Crippen molar-refractivity contribution in [1.29, 1.82) is 0 Å². The third-order valence-corrected chi connectivity index (χ3v) is 4.84. The van der Waals surface area contributed by atoms with Crippen molar-refractivity contribution in [3.8, 4) is 0 Å². The minimum absolute atomic E-state index is 0.0438. The van der Waals surface area contributed by atoms with E-state index in [-0.39, 0.29) is 18.4 Å². The van der Waals surface area contributed by atoms with Crippen molar-refractivity contribution in [3.05, 3.63) is 59.7 Å². The van der Waals surface area contributed by atoms with E-state index in [9.17, 15) is 14.0 Å².